The van der Waals surface area contributed by atoms with Crippen molar-refractivity contribution in [1.29, 1.82) is 0 Å². The number of halogens is 1. The highest BCUT2D eigenvalue weighted by Gasteiger charge is 2.16. The molecule has 0 N–H and O–H groups in total. The predicted octanol–water partition coefficient (Wildman–Crippen LogP) is 4.55. The molecule has 1 aromatic carbocycles. The Hall–Kier alpha value is -1.32. The van der Waals surface area contributed by atoms with Crippen LogP contribution in [-0.2, 0) is 4.74 Å². The monoisotopic (exact) mass is 280 g/mol. The first-order valence-corrected chi connectivity index (χ1v) is 6.90. The number of hydrogen-bond acceptors (Lipinski definition) is 3. The minimum Gasteiger partial charge on any atom is -0.462 e. The van der Waals surface area contributed by atoms with Gasteiger partial charge in [-0.2, -0.15) is 0 Å². The zero-order chi connectivity index (χ0) is 13.1. The normalized spacial score (nSPS) is 10.4. The molecule has 0 fully saturated rings. The molecule has 1 heterocycles. The first kappa shape index (κ1) is 13.1. The maximum absolute atomic E-state index is 11.7. The van der Waals surface area contributed by atoms with Gasteiger partial charge in [-0.05, 0) is 37.1 Å². The largest absolute Gasteiger partial charge is 0.462 e. The molecule has 0 amide bonds. The van der Waals surface area contributed by atoms with E-state index in [1.807, 2.05) is 36.6 Å². The lowest BCUT2D eigenvalue weighted by molar-refractivity contribution is 0.0526. The number of thiophene rings is 1. The predicted molar refractivity (Wildman–Crippen MR) is 75.5 cm³/mol. The van der Waals surface area contributed by atoms with Gasteiger partial charge < -0.3 is 4.74 Å². The summed E-state index contributed by atoms with van der Waals surface area (Å²) in [5, 5.41) is 2.55. The molecule has 2 rings (SSSR count). The average molecular weight is 281 g/mol. The number of hydrogen-bond donors (Lipinski definition) is 0. The Labute approximate surface area is 115 Å². The van der Waals surface area contributed by atoms with Gasteiger partial charge in [0.05, 0.1) is 12.2 Å². The van der Waals surface area contributed by atoms with E-state index < -0.39 is 0 Å². The van der Waals surface area contributed by atoms with Crippen molar-refractivity contribution in [2.75, 3.05) is 6.61 Å². The van der Waals surface area contributed by atoms with Crippen molar-refractivity contribution in [1.82, 2.24) is 0 Å². The molecule has 0 unspecified atom stereocenters. The van der Waals surface area contributed by atoms with Crippen molar-refractivity contribution < 1.29 is 9.53 Å². The number of rotatable bonds is 3. The van der Waals surface area contributed by atoms with Gasteiger partial charge in [-0.15, -0.1) is 11.3 Å². The van der Waals surface area contributed by atoms with Crippen LogP contribution in [0.2, 0.25) is 5.02 Å². The Bertz CT molecular complexity index is 558. The topological polar surface area (TPSA) is 26.3 Å². The van der Waals surface area contributed by atoms with Gasteiger partial charge in [-0.3, -0.25) is 0 Å². The molecule has 94 valence electrons. The van der Waals surface area contributed by atoms with Crippen LogP contribution in [0.5, 0.6) is 0 Å². The number of benzene rings is 1. The summed E-state index contributed by atoms with van der Waals surface area (Å²) in [6.45, 7) is 4.14. The maximum atomic E-state index is 11.7. The zero-order valence-corrected chi connectivity index (χ0v) is 11.8. The number of ether oxygens (including phenoxy) is 1. The van der Waals surface area contributed by atoms with Crippen LogP contribution >= 0.6 is 22.9 Å². The third-order valence-corrected chi connectivity index (χ3v) is 4.02. The highest BCUT2D eigenvalue weighted by atomic mass is 35.5. The SMILES string of the molecule is CCOC(=O)c1csc(-c2ccc(Cl)cc2)c1C. The van der Waals surface area contributed by atoms with Crippen LogP contribution in [0, 0.1) is 6.92 Å². The summed E-state index contributed by atoms with van der Waals surface area (Å²) in [5.74, 6) is -0.258. The van der Waals surface area contributed by atoms with Gasteiger partial charge in [0, 0.05) is 15.3 Å². The first-order valence-electron chi connectivity index (χ1n) is 5.64. The molecule has 4 heteroatoms. The van der Waals surface area contributed by atoms with E-state index in [1.165, 1.54) is 0 Å². The second-order valence-corrected chi connectivity index (χ2v) is 5.15. The molecule has 0 spiro atoms. The van der Waals surface area contributed by atoms with E-state index in [4.69, 9.17) is 16.3 Å². The molecule has 0 aliphatic carbocycles. The smallest absolute Gasteiger partial charge is 0.339 e. The van der Waals surface area contributed by atoms with E-state index in [9.17, 15) is 4.79 Å². The Morgan fingerprint density at radius 2 is 2.00 bits per heavy atom. The van der Waals surface area contributed by atoms with E-state index in [1.54, 1.807) is 18.3 Å². The fraction of sp³-hybridized carbons (Fsp3) is 0.214. The van der Waals surface area contributed by atoms with Gasteiger partial charge in [0.1, 0.15) is 0 Å². The quantitative estimate of drug-likeness (QED) is 0.771. The van der Waals surface area contributed by atoms with Crippen molar-refractivity contribution in [3.63, 3.8) is 0 Å². The van der Waals surface area contributed by atoms with Crippen LogP contribution in [-0.4, -0.2) is 12.6 Å². The van der Waals surface area contributed by atoms with Gasteiger partial charge in [0.2, 0.25) is 0 Å². The molecule has 0 saturated carbocycles. The fourth-order valence-electron chi connectivity index (χ4n) is 1.71. The lowest BCUT2D eigenvalue weighted by Gasteiger charge is -2.03. The van der Waals surface area contributed by atoms with Crippen molar-refractivity contribution >= 4 is 28.9 Å². The van der Waals surface area contributed by atoms with Gasteiger partial charge in [-0.1, -0.05) is 23.7 Å². The highest BCUT2D eigenvalue weighted by molar-refractivity contribution is 7.14. The fourth-order valence-corrected chi connectivity index (χ4v) is 2.91. The zero-order valence-electron chi connectivity index (χ0n) is 10.2. The third-order valence-electron chi connectivity index (χ3n) is 2.64. The van der Waals surface area contributed by atoms with Crippen LogP contribution in [0.4, 0.5) is 0 Å². The minimum absolute atomic E-state index is 0.258. The van der Waals surface area contributed by atoms with E-state index in [0.29, 0.717) is 17.2 Å². The van der Waals surface area contributed by atoms with Crippen LogP contribution in [0.25, 0.3) is 10.4 Å². The summed E-state index contributed by atoms with van der Waals surface area (Å²) in [7, 11) is 0. The van der Waals surface area contributed by atoms with Crippen molar-refractivity contribution in [3.05, 3.63) is 45.8 Å². The van der Waals surface area contributed by atoms with Crippen LogP contribution in [0.15, 0.2) is 29.6 Å². The summed E-state index contributed by atoms with van der Waals surface area (Å²) < 4.78 is 5.02. The molecule has 1 aromatic heterocycles. The summed E-state index contributed by atoms with van der Waals surface area (Å²) in [6.07, 6.45) is 0. The van der Waals surface area contributed by atoms with Crippen molar-refractivity contribution in [2.24, 2.45) is 0 Å². The number of carbonyl (C=O) groups is 1. The van der Waals surface area contributed by atoms with E-state index in [-0.39, 0.29) is 5.97 Å². The molecule has 0 radical (unpaired) electrons. The van der Waals surface area contributed by atoms with E-state index in [2.05, 4.69) is 0 Å². The molecule has 0 saturated heterocycles. The van der Waals surface area contributed by atoms with Gasteiger partial charge >= 0.3 is 5.97 Å². The Morgan fingerprint density at radius 3 is 2.61 bits per heavy atom. The average Bonchev–Trinajstić information content (AvgIpc) is 2.73. The Kier molecular flexibility index (Phi) is 4.04. The molecule has 0 bridgehead atoms. The lowest BCUT2D eigenvalue weighted by atomic mass is 10.1. The highest BCUT2D eigenvalue weighted by Crippen LogP contribution is 2.33. The molecule has 0 aliphatic rings. The van der Waals surface area contributed by atoms with E-state index >= 15 is 0 Å². The summed E-state index contributed by atoms with van der Waals surface area (Å²) in [4.78, 5) is 12.8. The molecule has 2 aromatic rings. The molecule has 0 atom stereocenters. The summed E-state index contributed by atoms with van der Waals surface area (Å²) in [6, 6.07) is 7.60. The summed E-state index contributed by atoms with van der Waals surface area (Å²) >= 11 is 7.41. The minimum atomic E-state index is -0.258. The lowest BCUT2D eigenvalue weighted by Crippen LogP contribution is -2.04. The third kappa shape index (κ3) is 2.57. The van der Waals surface area contributed by atoms with Gasteiger partial charge in [0.25, 0.3) is 0 Å². The number of esters is 1. The van der Waals surface area contributed by atoms with E-state index in [0.717, 1.165) is 16.0 Å². The first-order chi connectivity index (χ1) is 8.63. The second kappa shape index (κ2) is 5.55. The van der Waals surface area contributed by atoms with Crippen LogP contribution < -0.4 is 0 Å². The maximum Gasteiger partial charge on any atom is 0.339 e. The van der Waals surface area contributed by atoms with Crippen molar-refractivity contribution in [3.8, 4) is 10.4 Å². The Morgan fingerprint density at radius 1 is 1.33 bits per heavy atom. The second-order valence-electron chi connectivity index (χ2n) is 3.83. The van der Waals surface area contributed by atoms with Crippen molar-refractivity contribution in [2.45, 2.75) is 13.8 Å². The Balaban J connectivity index is 2.36. The van der Waals surface area contributed by atoms with Crippen LogP contribution in [0.1, 0.15) is 22.8 Å². The standard InChI is InChI=1S/C14H13ClO2S/c1-3-17-14(16)12-8-18-13(9(12)2)10-4-6-11(15)7-5-10/h4-8H,3H2,1-2H3. The molecule has 18 heavy (non-hydrogen) atoms. The number of carbonyl (C=O) groups excluding carboxylic acids is 1. The molecule has 0 aliphatic heterocycles. The van der Waals surface area contributed by atoms with Gasteiger partial charge in [-0.25, -0.2) is 4.79 Å². The molecular formula is C14H13ClO2S. The molecule has 2 nitrogen and oxygen atoms in total. The van der Waals surface area contributed by atoms with Crippen LogP contribution in [0.3, 0.4) is 0 Å². The summed E-state index contributed by atoms with van der Waals surface area (Å²) in [5.41, 5.74) is 2.67. The van der Waals surface area contributed by atoms with Gasteiger partial charge in [0.15, 0.2) is 0 Å². The molecular weight excluding hydrogens is 268 g/mol.